The first kappa shape index (κ1) is 34.6. The highest BCUT2D eigenvalue weighted by Crippen LogP contribution is 2.36. The van der Waals surface area contributed by atoms with E-state index in [1.165, 1.54) is 6.33 Å². The highest BCUT2D eigenvalue weighted by molar-refractivity contribution is 6.04. The Morgan fingerprint density at radius 3 is 2.56 bits per heavy atom. The third-order valence-corrected chi connectivity index (χ3v) is 9.07. The van der Waals surface area contributed by atoms with Crippen LogP contribution in [0, 0.1) is 6.92 Å². The van der Waals surface area contributed by atoms with Gasteiger partial charge in [-0.15, -0.1) is 0 Å². The Morgan fingerprint density at radius 1 is 1.00 bits per heavy atom. The van der Waals surface area contributed by atoms with E-state index in [2.05, 4.69) is 25.6 Å². The predicted molar refractivity (Wildman–Crippen MR) is 200 cm³/mol. The molecule has 4 heterocycles. The molecule has 1 unspecified atom stereocenters. The quantitative estimate of drug-likeness (QED) is 0.160. The molecular formula is C39H44N8O5. The summed E-state index contributed by atoms with van der Waals surface area (Å²) in [5.74, 6) is 3.71. The van der Waals surface area contributed by atoms with E-state index < -0.39 is 11.1 Å². The second-order valence-electron chi connectivity index (χ2n) is 14.3. The fourth-order valence-electron chi connectivity index (χ4n) is 6.45. The third-order valence-electron chi connectivity index (χ3n) is 9.07. The van der Waals surface area contributed by atoms with Crippen LogP contribution in [0.25, 0.3) is 11.0 Å². The normalized spacial score (nSPS) is 17.1. The van der Waals surface area contributed by atoms with Crippen molar-refractivity contribution in [3.05, 3.63) is 90.0 Å². The van der Waals surface area contributed by atoms with E-state index in [1.54, 1.807) is 18.3 Å². The number of aryl methyl sites for hydroxylation is 2. The van der Waals surface area contributed by atoms with E-state index in [-0.39, 0.29) is 6.09 Å². The van der Waals surface area contributed by atoms with Crippen molar-refractivity contribution in [2.24, 2.45) is 12.0 Å². The first-order chi connectivity index (χ1) is 25.0. The van der Waals surface area contributed by atoms with Gasteiger partial charge in [0, 0.05) is 31.9 Å². The Bertz CT molecular complexity index is 2120. The number of nitrogens with one attached hydrogen (secondary N) is 2. The highest BCUT2D eigenvalue weighted by Gasteiger charge is 2.44. The van der Waals surface area contributed by atoms with Gasteiger partial charge in [0.2, 0.25) is 5.90 Å². The van der Waals surface area contributed by atoms with Crippen LogP contribution in [0.15, 0.2) is 78.3 Å². The Balaban J connectivity index is 1.17. The summed E-state index contributed by atoms with van der Waals surface area (Å²) in [6, 6.07) is 19.6. The fourth-order valence-corrected chi connectivity index (χ4v) is 6.45. The Kier molecular flexibility index (Phi) is 9.35. The number of carbonyl (C=O) groups excluding carboxylic acids is 1. The molecule has 0 radical (unpaired) electrons. The van der Waals surface area contributed by atoms with Gasteiger partial charge in [0.15, 0.2) is 0 Å². The van der Waals surface area contributed by atoms with Crippen LogP contribution in [0.3, 0.4) is 0 Å². The number of aromatic nitrogens is 4. The number of hydrogen-bond acceptors (Lipinski definition) is 11. The molecule has 13 nitrogen and oxygen atoms in total. The van der Waals surface area contributed by atoms with Crippen molar-refractivity contribution < 1.29 is 23.7 Å². The van der Waals surface area contributed by atoms with Crippen LogP contribution in [0.2, 0.25) is 0 Å². The molecule has 52 heavy (non-hydrogen) atoms. The molecule has 3 aromatic carbocycles. The smallest absolute Gasteiger partial charge is 0.410 e. The summed E-state index contributed by atoms with van der Waals surface area (Å²) in [6.07, 6.45) is 4.51. The molecule has 5 aromatic rings. The molecule has 2 N–H and O–H groups in total. The number of methoxy groups -OCH3 is 1. The number of ether oxygens (including phenoxy) is 4. The first-order valence-corrected chi connectivity index (χ1v) is 17.4. The second-order valence-corrected chi connectivity index (χ2v) is 14.3. The van der Waals surface area contributed by atoms with Gasteiger partial charge in [-0.05, 0) is 94.1 Å². The summed E-state index contributed by atoms with van der Waals surface area (Å²) in [5, 5.41) is 6.96. The molecular weight excluding hydrogens is 660 g/mol. The van der Waals surface area contributed by atoms with Gasteiger partial charge in [-0.1, -0.05) is 12.1 Å². The molecule has 2 aliphatic heterocycles. The van der Waals surface area contributed by atoms with Gasteiger partial charge in [0.05, 0.1) is 31.0 Å². The Hall–Kier alpha value is -5.85. The number of amides is 1. The molecule has 0 aliphatic carbocycles. The Morgan fingerprint density at radius 2 is 1.79 bits per heavy atom. The monoisotopic (exact) mass is 704 g/mol. The molecule has 270 valence electrons. The summed E-state index contributed by atoms with van der Waals surface area (Å²) >= 11 is 0. The summed E-state index contributed by atoms with van der Waals surface area (Å²) < 4.78 is 25.6. The number of hydrogen-bond donors (Lipinski definition) is 2. The average Bonchev–Trinajstić information content (AvgIpc) is 3.70. The molecule has 0 bridgehead atoms. The minimum absolute atomic E-state index is 0.323. The summed E-state index contributed by atoms with van der Waals surface area (Å²) in [5.41, 5.74) is 4.07. The topological polar surface area (TPSA) is 137 Å². The van der Waals surface area contributed by atoms with E-state index in [9.17, 15) is 4.79 Å². The van der Waals surface area contributed by atoms with Crippen molar-refractivity contribution in [1.29, 1.82) is 0 Å². The number of imidazole rings is 1. The van der Waals surface area contributed by atoms with E-state index in [0.717, 1.165) is 52.2 Å². The molecule has 1 saturated heterocycles. The number of rotatable bonds is 9. The number of anilines is 3. The van der Waals surface area contributed by atoms with Crippen molar-refractivity contribution in [3.63, 3.8) is 0 Å². The number of piperidine rings is 1. The highest BCUT2D eigenvalue weighted by atomic mass is 16.6. The molecule has 1 atom stereocenters. The van der Waals surface area contributed by atoms with Crippen LogP contribution in [-0.4, -0.2) is 74.4 Å². The summed E-state index contributed by atoms with van der Waals surface area (Å²) in [4.78, 5) is 33.7. The van der Waals surface area contributed by atoms with Crippen molar-refractivity contribution in [1.82, 2.24) is 24.4 Å². The second kappa shape index (κ2) is 14.0. The van der Waals surface area contributed by atoms with Gasteiger partial charge < -0.3 is 39.0 Å². The SMILES string of the molecule is COc1ccc(CNc2ncnc(Nc3ccc(Oc4ccc5c(c4)ncn5C)c(C)c3)c2C2=NC3(CCCN(C(=O)OC(C)(C)C)C3)CO2)cc1. The van der Waals surface area contributed by atoms with E-state index >= 15 is 0 Å². The number of likely N-dealkylation sites (tertiary alicyclic amines) is 1. The largest absolute Gasteiger partial charge is 0.497 e. The maximum absolute atomic E-state index is 13.0. The molecule has 2 aromatic heterocycles. The van der Waals surface area contributed by atoms with E-state index in [0.29, 0.717) is 55.1 Å². The fraction of sp³-hybridized carbons (Fsp3) is 0.359. The van der Waals surface area contributed by atoms with Crippen LogP contribution in [0.5, 0.6) is 17.2 Å². The Labute approximate surface area is 303 Å². The average molecular weight is 705 g/mol. The van der Waals surface area contributed by atoms with Crippen LogP contribution in [0.1, 0.15) is 50.3 Å². The van der Waals surface area contributed by atoms with Gasteiger partial charge in [0.25, 0.3) is 0 Å². The minimum atomic E-state index is -0.612. The first-order valence-electron chi connectivity index (χ1n) is 17.4. The van der Waals surface area contributed by atoms with Gasteiger partial charge >= 0.3 is 6.09 Å². The zero-order valence-electron chi connectivity index (χ0n) is 30.4. The van der Waals surface area contributed by atoms with E-state index in [4.69, 9.17) is 23.9 Å². The zero-order chi connectivity index (χ0) is 36.5. The predicted octanol–water partition coefficient (Wildman–Crippen LogP) is 7.37. The lowest BCUT2D eigenvalue weighted by Gasteiger charge is -2.37. The van der Waals surface area contributed by atoms with Gasteiger partial charge in [-0.3, -0.25) is 0 Å². The lowest BCUT2D eigenvalue weighted by atomic mass is 9.91. The lowest BCUT2D eigenvalue weighted by molar-refractivity contribution is 0.0125. The molecule has 1 amide bonds. The van der Waals surface area contributed by atoms with Gasteiger partial charge in [-0.2, -0.15) is 0 Å². The van der Waals surface area contributed by atoms with Crippen LogP contribution < -0.4 is 20.1 Å². The standard InChI is InChI=1S/C39H44N8O5/c1-25-18-27(10-15-32(25)51-29-13-14-31-30(19-29)43-24-46(31)5)44-35-33(34(41-23-42-35)40-20-26-8-11-28(49-6)12-9-26)36-45-39(22-50-36)16-7-17-47(21-39)37(48)52-38(2,3)4/h8-15,18-19,23-24H,7,16-17,20-22H2,1-6H3,(H2,40,41,42,44). The van der Waals surface area contributed by atoms with Crippen molar-refractivity contribution in [2.75, 3.05) is 37.4 Å². The number of nitrogens with zero attached hydrogens (tertiary/aromatic N) is 6. The van der Waals surface area contributed by atoms with Crippen LogP contribution in [-0.2, 0) is 23.1 Å². The number of fused-ring (bicyclic) bond motifs is 1. The summed E-state index contributed by atoms with van der Waals surface area (Å²) in [7, 11) is 3.61. The van der Waals surface area contributed by atoms with Crippen molar-refractivity contribution in [3.8, 4) is 17.2 Å². The van der Waals surface area contributed by atoms with Crippen molar-refractivity contribution in [2.45, 2.75) is 58.2 Å². The number of benzene rings is 3. The molecule has 1 fully saturated rings. The molecule has 1 spiro atoms. The van der Waals surface area contributed by atoms with Crippen LogP contribution in [0.4, 0.5) is 22.1 Å². The minimum Gasteiger partial charge on any atom is -0.497 e. The molecule has 13 heteroatoms. The van der Waals surface area contributed by atoms with Crippen LogP contribution >= 0.6 is 0 Å². The number of aliphatic imine (C=N–C) groups is 1. The zero-order valence-corrected chi connectivity index (χ0v) is 30.4. The molecule has 7 rings (SSSR count). The van der Waals surface area contributed by atoms with Crippen molar-refractivity contribution >= 4 is 40.3 Å². The maximum Gasteiger partial charge on any atom is 0.410 e. The maximum atomic E-state index is 13.0. The molecule has 0 saturated carbocycles. The third kappa shape index (κ3) is 7.58. The van der Waals surface area contributed by atoms with Gasteiger partial charge in [-0.25, -0.2) is 24.7 Å². The summed E-state index contributed by atoms with van der Waals surface area (Å²) in [6.45, 7) is 9.42. The lowest BCUT2D eigenvalue weighted by Crippen LogP contribution is -2.51. The van der Waals surface area contributed by atoms with E-state index in [1.807, 2.05) is 100.0 Å². The van der Waals surface area contributed by atoms with Gasteiger partial charge in [0.1, 0.15) is 58.5 Å². The number of carbonyl (C=O) groups is 1. The molecule has 2 aliphatic rings.